The van der Waals surface area contributed by atoms with Crippen LogP contribution in [0, 0.1) is 0 Å². The van der Waals surface area contributed by atoms with Crippen LogP contribution in [0.1, 0.15) is 24.2 Å². The molecule has 0 spiro atoms. The summed E-state index contributed by atoms with van der Waals surface area (Å²) in [5.74, 6) is -0.375. The van der Waals surface area contributed by atoms with Gasteiger partial charge in [-0.3, -0.25) is 4.79 Å². The zero-order valence-corrected chi connectivity index (χ0v) is 10.4. The lowest BCUT2D eigenvalue weighted by molar-refractivity contribution is 0.100. The average molecular weight is 233 g/mol. The Bertz CT molecular complexity index is 428. The van der Waals surface area contributed by atoms with E-state index in [1.165, 1.54) is 0 Å². The molecule has 1 amide bonds. The molecule has 4 nitrogen and oxygen atoms in total. The van der Waals surface area contributed by atoms with E-state index in [2.05, 4.69) is 24.1 Å². The molecule has 0 bridgehead atoms. The maximum Gasteiger partial charge on any atom is 0.248 e. The molecule has 1 saturated heterocycles. The van der Waals surface area contributed by atoms with Crippen molar-refractivity contribution in [3.05, 3.63) is 29.8 Å². The Balaban J connectivity index is 2.32. The standard InChI is InChI=1S/C13H19N3O/c1-13(2)9-15-6-7-16(13)11-5-3-4-10(8-11)12(14)17/h3-5,8,15H,6-7,9H2,1-2H3,(H2,14,17). The van der Waals surface area contributed by atoms with Gasteiger partial charge in [-0.05, 0) is 32.0 Å². The van der Waals surface area contributed by atoms with Gasteiger partial charge in [-0.15, -0.1) is 0 Å². The molecule has 1 fully saturated rings. The molecule has 0 aromatic heterocycles. The third kappa shape index (κ3) is 2.42. The molecule has 1 aliphatic rings. The Hall–Kier alpha value is -1.55. The van der Waals surface area contributed by atoms with Gasteiger partial charge in [0.25, 0.3) is 0 Å². The molecule has 0 atom stereocenters. The number of nitrogens with zero attached hydrogens (tertiary/aromatic N) is 1. The van der Waals surface area contributed by atoms with Crippen LogP contribution in [0.25, 0.3) is 0 Å². The van der Waals surface area contributed by atoms with Gasteiger partial charge >= 0.3 is 0 Å². The second kappa shape index (κ2) is 4.37. The zero-order chi connectivity index (χ0) is 12.5. The van der Waals surface area contributed by atoms with E-state index in [9.17, 15) is 4.79 Å². The minimum absolute atomic E-state index is 0.0501. The molecule has 0 radical (unpaired) electrons. The predicted molar refractivity (Wildman–Crippen MR) is 69.3 cm³/mol. The summed E-state index contributed by atoms with van der Waals surface area (Å²) >= 11 is 0. The molecular formula is C13H19N3O. The van der Waals surface area contributed by atoms with E-state index in [0.29, 0.717) is 5.56 Å². The first-order valence-corrected chi connectivity index (χ1v) is 5.89. The van der Waals surface area contributed by atoms with Crippen molar-refractivity contribution in [2.45, 2.75) is 19.4 Å². The van der Waals surface area contributed by atoms with Gasteiger partial charge in [0.2, 0.25) is 5.91 Å². The van der Waals surface area contributed by atoms with Crippen LogP contribution in [-0.4, -0.2) is 31.1 Å². The lowest BCUT2D eigenvalue weighted by Gasteiger charge is -2.44. The fourth-order valence-corrected chi connectivity index (χ4v) is 2.29. The SMILES string of the molecule is CC1(C)CNCCN1c1cccc(C(N)=O)c1. The van der Waals surface area contributed by atoms with Crippen LogP contribution in [0.5, 0.6) is 0 Å². The molecule has 0 unspecified atom stereocenters. The Labute approximate surface area is 102 Å². The number of benzene rings is 1. The van der Waals surface area contributed by atoms with Crippen molar-refractivity contribution in [3.8, 4) is 0 Å². The molecule has 17 heavy (non-hydrogen) atoms. The topological polar surface area (TPSA) is 58.4 Å². The number of piperazine rings is 1. The molecule has 4 heteroatoms. The number of carbonyl (C=O) groups is 1. The quantitative estimate of drug-likeness (QED) is 0.800. The van der Waals surface area contributed by atoms with E-state index >= 15 is 0 Å². The fourth-order valence-electron chi connectivity index (χ4n) is 2.29. The number of nitrogens with two attached hydrogens (primary N) is 1. The number of hydrogen-bond donors (Lipinski definition) is 2. The molecule has 0 saturated carbocycles. The normalized spacial score (nSPS) is 19.1. The lowest BCUT2D eigenvalue weighted by Crippen LogP contribution is -2.58. The highest BCUT2D eigenvalue weighted by Crippen LogP contribution is 2.25. The molecule has 2 rings (SSSR count). The Morgan fingerprint density at radius 1 is 1.47 bits per heavy atom. The zero-order valence-electron chi connectivity index (χ0n) is 10.4. The van der Waals surface area contributed by atoms with Crippen LogP contribution in [0.2, 0.25) is 0 Å². The molecule has 1 aromatic rings. The number of primary amides is 1. The van der Waals surface area contributed by atoms with Crippen molar-refractivity contribution >= 4 is 11.6 Å². The summed E-state index contributed by atoms with van der Waals surface area (Å²) < 4.78 is 0. The molecule has 92 valence electrons. The number of carbonyl (C=O) groups excluding carboxylic acids is 1. The van der Waals surface area contributed by atoms with Crippen LogP contribution < -0.4 is 16.0 Å². The van der Waals surface area contributed by atoms with Crippen molar-refractivity contribution in [2.75, 3.05) is 24.5 Å². The monoisotopic (exact) mass is 233 g/mol. The smallest absolute Gasteiger partial charge is 0.248 e. The van der Waals surface area contributed by atoms with Crippen LogP contribution in [-0.2, 0) is 0 Å². The van der Waals surface area contributed by atoms with Crippen molar-refractivity contribution < 1.29 is 4.79 Å². The van der Waals surface area contributed by atoms with E-state index in [-0.39, 0.29) is 11.4 Å². The number of amides is 1. The third-order valence-corrected chi connectivity index (χ3v) is 3.24. The van der Waals surface area contributed by atoms with Gasteiger partial charge < -0.3 is 16.0 Å². The largest absolute Gasteiger partial charge is 0.366 e. The summed E-state index contributed by atoms with van der Waals surface area (Å²) in [7, 11) is 0. The van der Waals surface area contributed by atoms with Gasteiger partial charge in [0.05, 0.1) is 0 Å². The van der Waals surface area contributed by atoms with E-state index in [0.717, 1.165) is 25.3 Å². The summed E-state index contributed by atoms with van der Waals surface area (Å²) in [6.45, 7) is 7.22. The number of nitrogens with one attached hydrogen (secondary N) is 1. The first kappa shape index (κ1) is 11.9. The molecule has 1 aliphatic heterocycles. The maximum atomic E-state index is 11.2. The van der Waals surface area contributed by atoms with E-state index in [1.807, 2.05) is 18.2 Å². The maximum absolute atomic E-state index is 11.2. The summed E-state index contributed by atoms with van der Waals surface area (Å²) in [5.41, 5.74) is 6.99. The van der Waals surface area contributed by atoms with Gasteiger partial charge in [0, 0.05) is 36.4 Å². The van der Waals surface area contributed by atoms with Crippen LogP contribution in [0.3, 0.4) is 0 Å². The van der Waals surface area contributed by atoms with Gasteiger partial charge in [-0.25, -0.2) is 0 Å². The van der Waals surface area contributed by atoms with Gasteiger partial charge in [-0.2, -0.15) is 0 Å². The van der Waals surface area contributed by atoms with Crippen molar-refractivity contribution in [3.63, 3.8) is 0 Å². The number of rotatable bonds is 2. The molecule has 1 heterocycles. The second-order valence-electron chi connectivity index (χ2n) is 5.06. The van der Waals surface area contributed by atoms with Crippen LogP contribution in [0.15, 0.2) is 24.3 Å². The first-order valence-electron chi connectivity index (χ1n) is 5.89. The Kier molecular flexibility index (Phi) is 3.07. The summed E-state index contributed by atoms with van der Waals surface area (Å²) in [5, 5.41) is 3.38. The fraction of sp³-hybridized carbons (Fsp3) is 0.462. The molecule has 3 N–H and O–H groups in total. The highest BCUT2D eigenvalue weighted by molar-refractivity contribution is 5.93. The highest BCUT2D eigenvalue weighted by atomic mass is 16.1. The van der Waals surface area contributed by atoms with Crippen LogP contribution in [0.4, 0.5) is 5.69 Å². The van der Waals surface area contributed by atoms with Gasteiger partial charge in [-0.1, -0.05) is 6.07 Å². The van der Waals surface area contributed by atoms with Crippen molar-refractivity contribution in [1.29, 1.82) is 0 Å². The summed E-state index contributed by atoms with van der Waals surface area (Å²) in [6, 6.07) is 7.53. The number of anilines is 1. The van der Waals surface area contributed by atoms with E-state index in [1.54, 1.807) is 6.07 Å². The van der Waals surface area contributed by atoms with Gasteiger partial charge in [0.1, 0.15) is 0 Å². The average Bonchev–Trinajstić information content (AvgIpc) is 2.28. The second-order valence-corrected chi connectivity index (χ2v) is 5.06. The van der Waals surface area contributed by atoms with E-state index < -0.39 is 0 Å². The van der Waals surface area contributed by atoms with Crippen LogP contribution >= 0.6 is 0 Å². The van der Waals surface area contributed by atoms with E-state index in [4.69, 9.17) is 5.73 Å². The Morgan fingerprint density at radius 3 is 2.88 bits per heavy atom. The van der Waals surface area contributed by atoms with Crippen molar-refractivity contribution in [1.82, 2.24) is 5.32 Å². The Morgan fingerprint density at radius 2 is 2.24 bits per heavy atom. The van der Waals surface area contributed by atoms with Gasteiger partial charge in [0.15, 0.2) is 0 Å². The third-order valence-electron chi connectivity index (χ3n) is 3.24. The van der Waals surface area contributed by atoms with Crippen molar-refractivity contribution in [2.24, 2.45) is 5.73 Å². The summed E-state index contributed by atoms with van der Waals surface area (Å²) in [6.07, 6.45) is 0. The predicted octanol–water partition coefficient (Wildman–Crippen LogP) is 0.974. The first-order chi connectivity index (χ1) is 8.00. The minimum atomic E-state index is -0.375. The lowest BCUT2D eigenvalue weighted by atomic mass is 9.98. The minimum Gasteiger partial charge on any atom is -0.366 e. The summed E-state index contributed by atoms with van der Waals surface area (Å²) in [4.78, 5) is 13.5. The number of hydrogen-bond acceptors (Lipinski definition) is 3. The molecular weight excluding hydrogens is 214 g/mol. The highest BCUT2D eigenvalue weighted by Gasteiger charge is 2.29. The molecule has 1 aromatic carbocycles. The molecule has 0 aliphatic carbocycles.